The van der Waals surface area contributed by atoms with E-state index in [1.54, 1.807) is 7.11 Å². The van der Waals surface area contributed by atoms with Crippen molar-refractivity contribution in [1.29, 1.82) is 0 Å². The van der Waals surface area contributed by atoms with Gasteiger partial charge in [-0.25, -0.2) is 0 Å². The molecule has 0 aromatic heterocycles. The lowest BCUT2D eigenvalue weighted by Crippen LogP contribution is -2.38. The molecule has 1 N–H and O–H groups in total. The molecule has 0 saturated carbocycles. The van der Waals surface area contributed by atoms with Gasteiger partial charge in [0.15, 0.2) is 0 Å². The number of nitrogens with zero attached hydrogens (tertiary/aromatic N) is 1. The van der Waals surface area contributed by atoms with Crippen molar-refractivity contribution in [2.45, 2.75) is 38.2 Å². The second-order valence-electron chi connectivity index (χ2n) is 5.41. The van der Waals surface area contributed by atoms with Crippen LogP contribution in [0.3, 0.4) is 0 Å². The van der Waals surface area contributed by atoms with Crippen molar-refractivity contribution < 1.29 is 9.84 Å². The Morgan fingerprint density at radius 3 is 2.74 bits per heavy atom. The van der Waals surface area contributed by atoms with Crippen molar-refractivity contribution in [3.05, 3.63) is 29.8 Å². The zero-order valence-corrected chi connectivity index (χ0v) is 12.0. The third-order valence-electron chi connectivity index (χ3n) is 4.09. The van der Waals surface area contributed by atoms with Crippen molar-refractivity contribution in [1.82, 2.24) is 4.90 Å². The van der Waals surface area contributed by atoms with Gasteiger partial charge < -0.3 is 14.7 Å². The van der Waals surface area contributed by atoms with Gasteiger partial charge in [0.25, 0.3) is 0 Å². The number of rotatable bonds is 5. The van der Waals surface area contributed by atoms with Crippen LogP contribution in [0.2, 0.25) is 0 Å². The Morgan fingerprint density at radius 2 is 2.11 bits per heavy atom. The second-order valence-corrected chi connectivity index (χ2v) is 5.41. The van der Waals surface area contributed by atoms with Crippen molar-refractivity contribution in [2.75, 3.05) is 26.7 Å². The SMILES string of the molecule is CCC(O)CN1CCC(c2cccc(OC)c2)CC1. The van der Waals surface area contributed by atoms with E-state index in [4.69, 9.17) is 4.74 Å². The number of aliphatic hydroxyl groups excluding tert-OH is 1. The molecule has 1 unspecified atom stereocenters. The van der Waals surface area contributed by atoms with Gasteiger partial charge >= 0.3 is 0 Å². The van der Waals surface area contributed by atoms with Crippen LogP contribution in [0.25, 0.3) is 0 Å². The zero-order chi connectivity index (χ0) is 13.7. The summed E-state index contributed by atoms with van der Waals surface area (Å²) >= 11 is 0. The highest BCUT2D eigenvalue weighted by Gasteiger charge is 2.21. The number of ether oxygens (including phenoxy) is 1. The summed E-state index contributed by atoms with van der Waals surface area (Å²) in [6.07, 6.45) is 3.01. The molecule has 1 aliphatic rings. The van der Waals surface area contributed by atoms with Crippen LogP contribution in [0.5, 0.6) is 5.75 Å². The Kier molecular flexibility index (Phi) is 5.23. The molecule has 0 bridgehead atoms. The van der Waals surface area contributed by atoms with Crippen molar-refractivity contribution >= 4 is 0 Å². The molecule has 1 fully saturated rings. The summed E-state index contributed by atoms with van der Waals surface area (Å²) in [5, 5.41) is 9.70. The first-order valence-electron chi connectivity index (χ1n) is 7.27. The van der Waals surface area contributed by atoms with Gasteiger partial charge in [0.1, 0.15) is 5.75 Å². The molecule has 19 heavy (non-hydrogen) atoms. The summed E-state index contributed by atoms with van der Waals surface area (Å²) in [5.41, 5.74) is 1.38. The van der Waals surface area contributed by atoms with Crippen molar-refractivity contribution in [3.8, 4) is 5.75 Å². The predicted molar refractivity (Wildman–Crippen MR) is 77.7 cm³/mol. The fraction of sp³-hybridized carbons (Fsp3) is 0.625. The predicted octanol–water partition coefficient (Wildman–Crippen LogP) is 2.65. The smallest absolute Gasteiger partial charge is 0.119 e. The lowest BCUT2D eigenvalue weighted by Gasteiger charge is -2.33. The Morgan fingerprint density at radius 1 is 1.37 bits per heavy atom. The van der Waals surface area contributed by atoms with Gasteiger partial charge in [-0.2, -0.15) is 0 Å². The molecule has 1 saturated heterocycles. The van der Waals surface area contributed by atoms with Crippen molar-refractivity contribution in [3.63, 3.8) is 0 Å². The quantitative estimate of drug-likeness (QED) is 0.886. The van der Waals surface area contributed by atoms with E-state index in [0.29, 0.717) is 5.92 Å². The van der Waals surface area contributed by atoms with Gasteiger partial charge in [-0.15, -0.1) is 0 Å². The molecule has 3 nitrogen and oxygen atoms in total. The summed E-state index contributed by atoms with van der Waals surface area (Å²) in [5.74, 6) is 1.58. The first kappa shape index (κ1) is 14.4. The maximum Gasteiger partial charge on any atom is 0.119 e. The molecule has 2 rings (SSSR count). The zero-order valence-electron chi connectivity index (χ0n) is 12.0. The highest BCUT2D eigenvalue weighted by atomic mass is 16.5. The molecule has 1 atom stereocenters. The minimum absolute atomic E-state index is 0.173. The molecule has 1 aromatic rings. The van der Waals surface area contributed by atoms with Gasteiger partial charge in [-0.3, -0.25) is 0 Å². The average Bonchev–Trinajstić information content (AvgIpc) is 2.48. The Labute approximate surface area is 116 Å². The van der Waals surface area contributed by atoms with E-state index < -0.39 is 0 Å². The molecule has 1 aromatic carbocycles. The largest absolute Gasteiger partial charge is 0.497 e. The van der Waals surface area contributed by atoms with Gasteiger partial charge in [-0.1, -0.05) is 19.1 Å². The van der Waals surface area contributed by atoms with Crippen LogP contribution in [0.1, 0.15) is 37.7 Å². The van der Waals surface area contributed by atoms with E-state index in [0.717, 1.165) is 31.8 Å². The fourth-order valence-corrected chi connectivity index (χ4v) is 2.77. The minimum Gasteiger partial charge on any atom is -0.497 e. The van der Waals surface area contributed by atoms with Gasteiger partial charge in [0, 0.05) is 6.54 Å². The maximum absolute atomic E-state index is 9.70. The molecular weight excluding hydrogens is 238 g/mol. The van der Waals surface area contributed by atoms with E-state index in [2.05, 4.69) is 23.1 Å². The van der Waals surface area contributed by atoms with Crippen LogP contribution in [-0.2, 0) is 0 Å². The number of methoxy groups -OCH3 is 1. The van der Waals surface area contributed by atoms with Gasteiger partial charge in [-0.05, 0) is 56.0 Å². The normalized spacial score (nSPS) is 19.3. The summed E-state index contributed by atoms with van der Waals surface area (Å²) in [6, 6.07) is 8.42. The minimum atomic E-state index is -0.173. The molecule has 1 heterocycles. The molecular formula is C16H25NO2. The van der Waals surface area contributed by atoms with Gasteiger partial charge in [0.2, 0.25) is 0 Å². The lowest BCUT2D eigenvalue weighted by atomic mass is 9.89. The second kappa shape index (κ2) is 6.92. The fourth-order valence-electron chi connectivity index (χ4n) is 2.77. The number of hydrogen-bond donors (Lipinski definition) is 1. The highest BCUT2D eigenvalue weighted by Crippen LogP contribution is 2.30. The molecule has 0 radical (unpaired) electrons. The standard InChI is InChI=1S/C16H25NO2/c1-3-15(18)12-17-9-7-13(8-10-17)14-5-4-6-16(11-14)19-2/h4-6,11,13,15,18H,3,7-10,12H2,1-2H3. The Hall–Kier alpha value is -1.06. The average molecular weight is 263 g/mol. The molecule has 1 aliphatic heterocycles. The third kappa shape index (κ3) is 3.95. The van der Waals surface area contributed by atoms with E-state index in [9.17, 15) is 5.11 Å². The molecule has 0 spiro atoms. The van der Waals surface area contributed by atoms with E-state index in [1.807, 2.05) is 13.0 Å². The summed E-state index contributed by atoms with van der Waals surface area (Å²) in [6.45, 7) is 5.02. The van der Waals surface area contributed by atoms with Crippen LogP contribution in [0, 0.1) is 0 Å². The maximum atomic E-state index is 9.70. The first-order valence-corrected chi connectivity index (χ1v) is 7.27. The molecule has 0 aliphatic carbocycles. The highest BCUT2D eigenvalue weighted by molar-refractivity contribution is 5.31. The number of piperidine rings is 1. The van der Waals surface area contributed by atoms with Crippen LogP contribution >= 0.6 is 0 Å². The van der Waals surface area contributed by atoms with E-state index in [1.165, 1.54) is 18.4 Å². The topological polar surface area (TPSA) is 32.7 Å². The molecule has 106 valence electrons. The lowest BCUT2D eigenvalue weighted by molar-refractivity contribution is 0.0944. The Balaban J connectivity index is 1.88. The van der Waals surface area contributed by atoms with Crippen LogP contribution in [0.15, 0.2) is 24.3 Å². The monoisotopic (exact) mass is 263 g/mol. The van der Waals surface area contributed by atoms with E-state index >= 15 is 0 Å². The van der Waals surface area contributed by atoms with E-state index in [-0.39, 0.29) is 6.10 Å². The summed E-state index contributed by atoms with van der Waals surface area (Å²) < 4.78 is 5.29. The number of aliphatic hydroxyl groups is 1. The molecule has 0 amide bonds. The number of β-amino-alcohol motifs (C(OH)–C–C–N with tert-alkyl or cyclic N) is 1. The summed E-state index contributed by atoms with van der Waals surface area (Å²) in [7, 11) is 1.72. The van der Waals surface area contributed by atoms with Crippen LogP contribution in [-0.4, -0.2) is 42.9 Å². The number of hydrogen-bond acceptors (Lipinski definition) is 3. The van der Waals surface area contributed by atoms with Crippen molar-refractivity contribution in [2.24, 2.45) is 0 Å². The molecule has 3 heteroatoms. The summed E-state index contributed by atoms with van der Waals surface area (Å²) in [4.78, 5) is 2.38. The number of likely N-dealkylation sites (tertiary alicyclic amines) is 1. The van der Waals surface area contributed by atoms with Crippen LogP contribution < -0.4 is 4.74 Å². The van der Waals surface area contributed by atoms with Crippen LogP contribution in [0.4, 0.5) is 0 Å². The Bertz CT molecular complexity index is 386. The van der Waals surface area contributed by atoms with Gasteiger partial charge in [0.05, 0.1) is 13.2 Å². The first-order chi connectivity index (χ1) is 9.22. The number of benzene rings is 1. The third-order valence-corrected chi connectivity index (χ3v) is 4.09.